The van der Waals surface area contributed by atoms with Crippen LogP contribution in [-0.4, -0.2) is 6.04 Å². The maximum atomic E-state index is 8.86. The number of rotatable bonds is 3. The van der Waals surface area contributed by atoms with Crippen LogP contribution in [0.3, 0.4) is 0 Å². The second kappa shape index (κ2) is 6.07. The summed E-state index contributed by atoms with van der Waals surface area (Å²) in [7, 11) is 0. The van der Waals surface area contributed by atoms with Crippen molar-refractivity contribution in [2.24, 2.45) is 11.3 Å². The summed E-state index contributed by atoms with van der Waals surface area (Å²) in [6.07, 6.45) is 5.35. The van der Waals surface area contributed by atoms with Gasteiger partial charge in [-0.25, -0.2) is 0 Å². The molecule has 1 aromatic rings. The van der Waals surface area contributed by atoms with E-state index in [4.69, 9.17) is 5.26 Å². The van der Waals surface area contributed by atoms with Crippen molar-refractivity contribution in [1.29, 1.82) is 5.26 Å². The van der Waals surface area contributed by atoms with E-state index in [2.05, 4.69) is 38.2 Å². The molecule has 0 radical (unpaired) electrons. The van der Waals surface area contributed by atoms with E-state index in [-0.39, 0.29) is 0 Å². The predicted molar refractivity (Wildman–Crippen MR) is 81.1 cm³/mol. The van der Waals surface area contributed by atoms with Crippen LogP contribution in [0.15, 0.2) is 12.1 Å². The van der Waals surface area contributed by atoms with E-state index in [0.29, 0.717) is 11.5 Å². The number of hydrogen-bond donors (Lipinski definition) is 1. The number of thiophene rings is 1. The van der Waals surface area contributed by atoms with E-state index < -0.39 is 0 Å². The van der Waals surface area contributed by atoms with Crippen LogP contribution in [-0.2, 0) is 6.54 Å². The molecule has 1 saturated carbocycles. The molecule has 19 heavy (non-hydrogen) atoms. The predicted octanol–water partition coefficient (Wildman–Crippen LogP) is 4.31. The highest BCUT2D eigenvalue weighted by molar-refractivity contribution is 7.12. The lowest BCUT2D eigenvalue weighted by Gasteiger charge is -2.41. The molecule has 2 unspecified atom stereocenters. The average molecular weight is 276 g/mol. The minimum absolute atomic E-state index is 0.380. The van der Waals surface area contributed by atoms with Gasteiger partial charge in [0, 0.05) is 17.5 Å². The first-order valence-corrected chi connectivity index (χ1v) is 8.04. The van der Waals surface area contributed by atoms with E-state index in [1.807, 2.05) is 6.07 Å². The molecule has 1 aromatic heterocycles. The molecule has 2 atom stereocenters. The Bertz CT molecular complexity index is 450. The van der Waals surface area contributed by atoms with Crippen molar-refractivity contribution in [3.63, 3.8) is 0 Å². The summed E-state index contributed by atoms with van der Waals surface area (Å²) >= 11 is 1.61. The molecule has 1 aliphatic carbocycles. The number of nitrogens with one attached hydrogen (secondary N) is 1. The van der Waals surface area contributed by atoms with Crippen LogP contribution in [0, 0.1) is 22.7 Å². The van der Waals surface area contributed by atoms with E-state index in [1.165, 1.54) is 30.6 Å². The van der Waals surface area contributed by atoms with Gasteiger partial charge in [0.2, 0.25) is 0 Å². The molecule has 0 amide bonds. The molecule has 3 heteroatoms. The smallest absolute Gasteiger partial charge is 0.110 e. The first kappa shape index (κ1) is 14.6. The van der Waals surface area contributed by atoms with Crippen LogP contribution >= 0.6 is 11.3 Å². The zero-order valence-electron chi connectivity index (χ0n) is 12.2. The second-order valence-corrected chi connectivity index (χ2v) is 7.79. The number of nitrogens with zero attached hydrogens (tertiary/aromatic N) is 1. The molecule has 1 aliphatic rings. The molecule has 1 N–H and O–H groups in total. The van der Waals surface area contributed by atoms with Gasteiger partial charge in [0.05, 0.1) is 0 Å². The van der Waals surface area contributed by atoms with Crippen molar-refractivity contribution >= 4 is 11.3 Å². The lowest BCUT2D eigenvalue weighted by Crippen LogP contribution is -2.43. The zero-order chi connectivity index (χ0) is 13.9. The number of hydrogen-bond acceptors (Lipinski definition) is 3. The van der Waals surface area contributed by atoms with Crippen molar-refractivity contribution in [2.45, 2.75) is 59.0 Å². The topological polar surface area (TPSA) is 35.8 Å². The van der Waals surface area contributed by atoms with Crippen LogP contribution in [0.5, 0.6) is 0 Å². The van der Waals surface area contributed by atoms with Gasteiger partial charge < -0.3 is 5.32 Å². The molecule has 1 heterocycles. The average Bonchev–Trinajstić information content (AvgIpc) is 2.83. The summed E-state index contributed by atoms with van der Waals surface area (Å²) in [5.74, 6) is 0.761. The van der Waals surface area contributed by atoms with Gasteiger partial charge >= 0.3 is 0 Å². The van der Waals surface area contributed by atoms with Gasteiger partial charge in [0.25, 0.3) is 0 Å². The first-order valence-electron chi connectivity index (χ1n) is 7.23. The lowest BCUT2D eigenvalue weighted by molar-refractivity contribution is 0.130. The highest BCUT2D eigenvalue weighted by atomic mass is 32.1. The largest absolute Gasteiger partial charge is 0.309 e. The third kappa shape index (κ3) is 3.81. The Kier molecular flexibility index (Phi) is 4.65. The Balaban J connectivity index is 1.95. The first-order chi connectivity index (χ1) is 9.00. The molecule has 0 aliphatic heterocycles. The zero-order valence-corrected chi connectivity index (χ0v) is 13.0. The fraction of sp³-hybridized carbons (Fsp3) is 0.688. The van der Waals surface area contributed by atoms with Gasteiger partial charge in [-0.05, 0) is 36.3 Å². The van der Waals surface area contributed by atoms with Gasteiger partial charge in [-0.15, -0.1) is 11.3 Å². The van der Waals surface area contributed by atoms with Crippen LogP contribution in [0.4, 0.5) is 0 Å². The molecule has 104 valence electrons. The minimum Gasteiger partial charge on any atom is -0.309 e. The summed E-state index contributed by atoms with van der Waals surface area (Å²) in [6, 6.07) is 6.83. The summed E-state index contributed by atoms with van der Waals surface area (Å²) in [6.45, 7) is 7.98. The molecule has 2 rings (SSSR count). The summed E-state index contributed by atoms with van der Waals surface area (Å²) in [4.78, 5) is 2.09. The van der Waals surface area contributed by atoms with Crippen LogP contribution < -0.4 is 5.32 Å². The summed E-state index contributed by atoms with van der Waals surface area (Å²) < 4.78 is 0. The lowest BCUT2D eigenvalue weighted by atomic mass is 9.69. The Labute approximate surface area is 120 Å². The van der Waals surface area contributed by atoms with Gasteiger partial charge in [0.15, 0.2) is 0 Å². The summed E-state index contributed by atoms with van der Waals surface area (Å²) in [5.41, 5.74) is 0.380. The monoisotopic (exact) mass is 276 g/mol. The Morgan fingerprint density at radius 1 is 1.32 bits per heavy atom. The van der Waals surface area contributed by atoms with Crippen LogP contribution in [0.2, 0.25) is 0 Å². The van der Waals surface area contributed by atoms with Crippen molar-refractivity contribution in [3.8, 4) is 6.07 Å². The van der Waals surface area contributed by atoms with Crippen molar-refractivity contribution < 1.29 is 0 Å². The maximum absolute atomic E-state index is 8.86. The standard InChI is InChI=1S/C16H24N2S/c1-16(2,3)14-6-4-5-7-15(14)18-11-13-9-8-12(10-17)19-13/h8-9,14-15,18H,4-7,11H2,1-3H3. The highest BCUT2D eigenvalue weighted by Crippen LogP contribution is 2.38. The Hall–Kier alpha value is -0.850. The van der Waals surface area contributed by atoms with Crippen molar-refractivity contribution in [3.05, 3.63) is 21.9 Å². The van der Waals surface area contributed by atoms with Crippen LogP contribution in [0.1, 0.15) is 56.2 Å². The van der Waals surface area contributed by atoms with Crippen molar-refractivity contribution in [2.75, 3.05) is 0 Å². The SMILES string of the molecule is CC(C)(C)C1CCCCC1NCc1ccc(C#N)s1. The number of nitriles is 1. The van der Waals surface area contributed by atoms with Crippen LogP contribution in [0.25, 0.3) is 0 Å². The fourth-order valence-electron chi connectivity index (χ4n) is 3.18. The molecular formula is C16H24N2S. The normalized spacial score (nSPS) is 24.1. The molecule has 0 bridgehead atoms. The molecule has 0 spiro atoms. The summed E-state index contributed by atoms with van der Waals surface area (Å²) in [5, 5.41) is 12.6. The third-order valence-corrected chi connectivity index (χ3v) is 5.18. The molecule has 0 saturated heterocycles. The molecular weight excluding hydrogens is 252 g/mol. The van der Waals surface area contributed by atoms with Gasteiger partial charge in [0.1, 0.15) is 10.9 Å². The Morgan fingerprint density at radius 3 is 2.68 bits per heavy atom. The Morgan fingerprint density at radius 2 is 2.05 bits per heavy atom. The highest BCUT2D eigenvalue weighted by Gasteiger charge is 2.33. The molecule has 2 nitrogen and oxygen atoms in total. The molecule has 1 fully saturated rings. The van der Waals surface area contributed by atoms with Crippen molar-refractivity contribution in [1.82, 2.24) is 5.32 Å². The van der Waals surface area contributed by atoms with Gasteiger partial charge in [-0.3, -0.25) is 0 Å². The van der Waals surface area contributed by atoms with Gasteiger partial charge in [-0.1, -0.05) is 33.6 Å². The quantitative estimate of drug-likeness (QED) is 0.892. The van der Waals surface area contributed by atoms with E-state index in [1.54, 1.807) is 11.3 Å². The fourth-order valence-corrected chi connectivity index (χ4v) is 3.93. The van der Waals surface area contributed by atoms with Gasteiger partial charge in [-0.2, -0.15) is 5.26 Å². The van der Waals surface area contributed by atoms with E-state index in [0.717, 1.165) is 17.3 Å². The van der Waals surface area contributed by atoms with E-state index >= 15 is 0 Å². The second-order valence-electron chi connectivity index (χ2n) is 6.62. The molecule has 0 aromatic carbocycles. The van der Waals surface area contributed by atoms with E-state index in [9.17, 15) is 0 Å². The minimum atomic E-state index is 0.380. The maximum Gasteiger partial charge on any atom is 0.110 e. The third-order valence-electron chi connectivity index (χ3n) is 4.19.